The molecule has 1 aromatic heterocycles. The number of hydrogen-bond donors (Lipinski definition) is 0. The van der Waals surface area contributed by atoms with E-state index in [-0.39, 0.29) is 0 Å². The zero-order valence-electron chi connectivity index (χ0n) is 8.02. The fourth-order valence-electron chi connectivity index (χ4n) is 1.42. The lowest BCUT2D eigenvalue weighted by Gasteiger charge is -2.00. The fourth-order valence-corrected chi connectivity index (χ4v) is 1.97. The third-order valence-corrected chi connectivity index (χ3v) is 3.39. The van der Waals surface area contributed by atoms with Crippen molar-refractivity contribution in [3.8, 4) is 0 Å². The van der Waals surface area contributed by atoms with Crippen LogP contribution in [-0.2, 0) is 7.05 Å². The van der Waals surface area contributed by atoms with Gasteiger partial charge in [-0.1, -0.05) is 24.4 Å². The Morgan fingerprint density at radius 3 is 2.79 bits per heavy atom. The van der Waals surface area contributed by atoms with Crippen molar-refractivity contribution in [1.29, 1.82) is 0 Å². The predicted octanol–water partition coefficient (Wildman–Crippen LogP) is 2.61. The molecule has 1 heterocycles. The predicted molar refractivity (Wildman–Crippen MR) is 65.9 cm³/mol. The van der Waals surface area contributed by atoms with Gasteiger partial charge in [0.25, 0.3) is 0 Å². The number of imidazole rings is 1. The SMILES string of the molecule is CSC(=S)c1nc2ccccc2n1C. The van der Waals surface area contributed by atoms with Crippen LogP contribution in [-0.4, -0.2) is 20.0 Å². The Hall–Kier alpha value is -0.870. The van der Waals surface area contributed by atoms with Crippen molar-refractivity contribution < 1.29 is 0 Å². The minimum absolute atomic E-state index is 0.837. The summed E-state index contributed by atoms with van der Waals surface area (Å²) in [6, 6.07) is 8.05. The van der Waals surface area contributed by atoms with Crippen LogP contribution in [0.3, 0.4) is 0 Å². The highest BCUT2D eigenvalue weighted by Crippen LogP contribution is 2.17. The summed E-state index contributed by atoms with van der Waals surface area (Å²) in [7, 11) is 1.99. The minimum atomic E-state index is 0.837. The van der Waals surface area contributed by atoms with E-state index in [4.69, 9.17) is 12.2 Å². The number of benzene rings is 1. The van der Waals surface area contributed by atoms with Gasteiger partial charge in [0.2, 0.25) is 0 Å². The van der Waals surface area contributed by atoms with Crippen molar-refractivity contribution in [3.05, 3.63) is 30.1 Å². The lowest BCUT2D eigenvalue weighted by molar-refractivity contribution is 0.936. The van der Waals surface area contributed by atoms with Crippen LogP contribution in [0.5, 0.6) is 0 Å². The van der Waals surface area contributed by atoms with E-state index in [0.29, 0.717) is 0 Å². The summed E-state index contributed by atoms with van der Waals surface area (Å²) in [5, 5.41) is 0. The zero-order chi connectivity index (χ0) is 10.1. The van der Waals surface area contributed by atoms with Crippen LogP contribution >= 0.6 is 24.0 Å². The summed E-state index contributed by atoms with van der Waals surface area (Å²) in [6.07, 6.45) is 1.97. The van der Waals surface area contributed by atoms with E-state index in [9.17, 15) is 0 Å². The van der Waals surface area contributed by atoms with Gasteiger partial charge in [-0.25, -0.2) is 4.98 Å². The first-order valence-corrected chi connectivity index (χ1v) is 5.87. The van der Waals surface area contributed by atoms with Crippen LogP contribution in [0, 0.1) is 0 Å². The number of nitrogens with zero attached hydrogens (tertiary/aromatic N) is 2. The van der Waals surface area contributed by atoms with Gasteiger partial charge in [-0.05, 0) is 18.4 Å². The largest absolute Gasteiger partial charge is 0.326 e. The summed E-state index contributed by atoms with van der Waals surface area (Å²) >= 11 is 6.79. The van der Waals surface area contributed by atoms with E-state index in [1.54, 1.807) is 11.8 Å². The van der Waals surface area contributed by atoms with Gasteiger partial charge in [-0.2, -0.15) is 0 Å². The summed E-state index contributed by atoms with van der Waals surface area (Å²) in [5.74, 6) is 0.883. The molecule has 4 heteroatoms. The van der Waals surface area contributed by atoms with Crippen LogP contribution in [0.4, 0.5) is 0 Å². The second-order valence-electron chi connectivity index (χ2n) is 2.97. The van der Waals surface area contributed by atoms with Crippen LogP contribution < -0.4 is 0 Å². The Bertz CT molecular complexity index is 488. The van der Waals surface area contributed by atoms with E-state index in [2.05, 4.69) is 11.1 Å². The number of thioether (sulfide) groups is 1. The molecule has 1 aromatic carbocycles. The molecule has 0 aliphatic carbocycles. The fraction of sp³-hybridized carbons (Fsp3) is 0.200. The average molecular weight is 222 g/mol. The van der Waals surface area contributed by atoms with Crippen molar-refractivity contribution in [2.45, 2.75) is 0 Å². The first-order chi connectivity index (χ1) is 6.74. The summed E-state index contributed by atoms with van der Waals surface area (Å²) in [5.41, 5.74) is 2.13. The first kappa shape index (κ1) is 9.68. The van der Waals surface area contributed by atoms with Crippen LogP contribution in [0.25, 0.3) is 11.0 Å². The van der Waals surface area contributed by atoms with E-state index < -0.39 is 0 Å². The summed E-state index contributed by atoms with van der Waals surface area (Å²) < 4.78 is 2.87. The molecule has 0 amide bonds. The first-order valence-electron chi connectivity index (χ1n) is 4.24. The maximum absolute atomic E-state index is 5.23. The number of hydrogen-bond acceptors (Lipinski definition) is 3. The highest BCUT2D eigenvalue weighted by molar-refractivity contribution is 8.23. The topological polar surface area (TPSA) is 17.8 Å². The molecule has 2 rings (SSSR count). The Labute approximate surface area is 92.3 Å². The molecule has 0 saturated heterocycles. The Morgan fingerprint density at radius 1 is 1.43 bits per heavy atom. The smallest absolute Gasteiger partial charge is 0.158 e. The molecule has 0 fully saturated rings. The number of aryl methyl sites for hydroxylation is 1. The van der Waals surface area contributed by atoms with Gasteiger partial charge >= 0.3 is 0 Å². The van der Waals surface area contributed by atoms with Crippen LogP contribution in [0.2, 0.25) is 0 Å². The molecule has 0 radical (unpaired) electrons. The van der Waals surface area contributed by atoms with Crippen molar-refractivity contribution in [1.82, 2.24) is 9.55 Å². The quantitative estimate of drug-likeness (QED) is 0.691. The molecule has 0 saturated carbocycles. The molecule has 2 aromatic rings. The molecular formula is C10H10N2S2. The molecule has 0 bridgehead atoms. The molecule has 0 N–H and O–H groups in total. The normalized spacial score (nSPS) is 10.7. The molecule has 72 valence electrons. The van der Waals surface area contributed by atoms with Gasteiger partial charge in [0.15, 0.2) is 5.82 Å². The Morgan fingerprint density at radius 2 is 2.14 bits per heavy atom. The molecule has 0 spiro atoms. The molecule has 0 atom stereocenters. The van der Waals surface area contributed by atoms with Crippen molar-refractivity contribution in [3.63, 3.8) is 0 Å². The Kier molecular flexibility index (Phi) is 2.56. The zero-order valence-corrected chi connectivity index (χ0v) is 9.65. The third kappa shape index (κ3) is 1.44. The van der Waals surface area contributed by atoms with Crippen LogP contribution in [0.15, 0.2) is 24.3 Å². The van der Waals surface area contributed by atoms with Gasteiger partial charge < -0.3 is 4.57 Å². The summed E-state index contributed by atoms with van der Waals surface area (Å²) in [4.78, 5) is 4.48. The Balaban J connectivity index is 2.68. The monoisotopic (exact) mass is 222 g/mol. The number of aromatic nitrogens is 2. The van der Waals surface area contributed by atoms with Gasteiger partial charge in [-0.3, -0.25) is 0 Å². The van der Waals surface area contributed by atoms with Gasteiger partial charge in [0.05, 0.1) is 11.0 Å². The van der Waals surface area contributed by atoms with Crippen LogP contribution in [0.1, 0.15) is 5.82 Å². The maximum atomic E-state index is 5.23. The second kappa shape index (κ2) is 3.71. The van der Waals surface area contributed by atoms with E-state index >= 15 is 0 Å². The number of para-hydroxylation sites is 2. The minimum Gasteiger partial charge on any atom is -0.326 e. The van der Waals surface area contributed by atoms with Crippen molar-refractivity contribution in [2.75, 3.05) is 6.26 Å². The number of thiocarbonyl (C=S) groups is 1. The number of fused-ring (bicyclic) bond motifs is 1. The third-order valence-electron chi connectivity index (χ3n) is 2.16. The second-order valence-corrected chi connectivity index (χ2v) is 4.46. The standard InChI is InChI=1S/C10H10N2S2/c1-12-8-6-4-3-5-7(8)11-9(12)10(13)14-2/h3-6H,1-2H3. The maximum Gasteiger partial charge on any atom is 0.158 e. The van der Waals surface area contributed by atoms with Gasteiger partial charge in [-0.15, -0.1) is 11.8 Å². The summed E-state index contributed by atoms with van der Waals surface area (Å²) in [6.45, 7) is 0. The highest BCUT2D eigenvalue weighted by atomic mass is 32.2. The van der Waals surface area contributed by atoms with Gasteiger partial charge in [0.1, 0.15) is 4.20 Å². The highest BCUT2D eigenvalue weighted by Gasteiger charge is 2.09. The molecule has 0 unspecified atom stereocenters. The molecule has 0 aliphatic heterocycles. The average Bonchev–Trinajstić information content (AvgIpc) is 2.56. The van der Waals surface area contributed by atoms with Gasteiger partial charge in [0, 0.05) is 7.05 Å². The number of rotatable bonds is 1. The van der Waals surface area contributed by atoms with Crippen molar-refractivity contribution >= 4 is 39.2 Å². The van der Waals surface area contributed by atoms with E-state index in [0.717, 1.165) is 21.1 Å². The lowest BCUT2D eigenvalue weighted by Crippen LogP contribution is -2.01. The van der Waals surface area contributed by atoms with E-state index in [1.807, 2.05) is 36.1 Å². The molecule has 2 nitrogen and oxygen atoms in total. The molecular weight excluding hydrogens is 212 g/mol. The lowest BCUT2D eigenvalue weighted by atomic mass is 10.3. The van der Waals surface area contributed by atoms with E-state index in [1.165, 1.54) is 0 Å². The molecule has 14 heavy (non-hydrogen) atoms. The molecule has 0 aliphatic rings. The van der Waals surface area contributed by atoms with Crippen molar-refractivity contribution in [2.24, 2.45) is 7.05 Å².